The molecule has 0 aliphatic carbocycles. The molecule has 0 saturated carbocycles. The molecule has 0 atom stereocenters. The Hall–Kier alpha value is -1.84. The quantitative estimate of drug-likeness (QED) is 0.750. The SMILES string of the molecule is CCOC(=O)Cc1ccc(C(C)C)cc1C(=O)OCC. The van der Waals surface area contributed by atoms with Crippen LogP contribution in [-0.2, 0) is 20.7 Å². The molecule has 4 nitrogen and oxygen atoms in total. The van der Waals surface area contributed by atoms with Gasteiger partial charge < -0.3 is 9.47 Å². The van der Waals surface area contributed by atoms with Crippen molar-refractivity contribution in [1.29, 1.82) is 0 Å². The van der Waals surface area contributed by atoms with Crippen LogP contribution in [0, 0.1) is 0 Å². The minimum Gasteiger partial charge on any atom is -0.466 e. The molecule has 0 N–H and O–H groups in total. The number of carbonyl (C=O) groups is 2. The van der Waals surface area contributed by atoms with Gasteiger partial charge in [-0.2, -0.15) is 0 Å². The lowest BCUT2D eigenvalue weighted by atomic mass is 9.96. The molecule has 0 heterocycles. The lowest BCUT2D eigenvalue weighted by Gasteiger charge is -2.12. The van der Waals surface area contributed by atoms with Crippen molar-refractivity contribution in [2.75, 3.05) is 13.2 Å². The van der Waals surface area contributed by atoms with Crippen LogP contribution in [-0.4, -0.2) is 25.2 Å². The molecule has 0 unspecified atom stereocenters. The summed E-state index contributed by atoms with van der Waals surface area (Å²) >= 11 is 0. The van der Waals surface area contributed by atoms with Crippen molar-refractivity contribution in [3.63, 3.8) is 0 Å². The molecule has 0 aliphatic rings. The number of ether oxygens (including phenoxy) is 2. The summed E-state index contributed by atoms with van der Waals surface area (Å²) in [6.07, 6.45) is 0.0837. The van der Waals surface area contributed by atoms with Crippen LogP contribution in [0.2, 0.25) is 0 Å². The molecule has 0 spiro atoms. The van der Waals surface area contributed by atoms with Gasteiger partial charge in [-0.3, -0.25) is 4.79 Å². The maximum absolute atomic E-state index is 12.0. The van der Waals surface area contributed by atoms with Crippen molar-refractivity contribution >= 4 is 11.9 Å². The van der Waals surface area contributed by atoms with Crippen LogP contribution in [0.3, 0.4) is 0 Å². The number of esters is 2. The van der Waals surface area contributed by atoms with Gasteiger partial charge in [0.25, 0.3) is 0 Å². The fraction of sp³-hybridized carbons (Fsp3) is 0.500. The standard InChI is InChI=1S/C16H22O4/c1-5-19-15(17)10-13-8-7-12(11(3)4)9-14(13)16(18)20-6-2/h7-9,11H,5-6,10H2,1-4H3. The van der Waals surface area contributed by atoms with Crippen molar-refractivity contribution in [1.82, 2.24) is 0 Å². The zero-order valence-corrected chi connectivity index (χ0v) is 12.6. The summed E-state index contributed by atoms with van der Waals surface area (Å²) in [5.74, 6) is -0.426. The maximum atomic E-state index is 12.0. The third-order valence-electron chi connectivity index (χ3n) is 2.94. The topological polar surface area (TPSA) is 52.6 Å². The Morgan fingerprint density at radius 3 is 2.30 bits per heavy atom. The lowest BCUT2D eigenvalue weighted by Crippen LogP contribution is -2.14. The summed E-state index contributed by atoms with van der Waals surface area (Å²) in [6.45, 7) is 8.26. The van der Waals surface area contributed by atoms with Gasteiger partial charge in [-0.05, 0) is 37.0 Å². The molecule has 110 valence electrons. The largest absolute Gasteiger partial charge is 0.466 e. The Balaban J connectivity index is 3.08. The van der Waals surface area contributed by atoms with Crippen LogP contribution in [0.1, 0.15) is 55.1 Å². The molecule has 0 saturated heterocycles. The van der Waals surface area contributed by atoms with E-state index in [4.69, 9.17) is 9.47 Å². The second kappa shape index (κ2) is 7.68. The third kappa shape index (κ3) is 4.37. The van der Waals surface area contributed by atoms with E-state index in [2.05, 4.69) is 13.8 Å². The first-order chi connectivity index (χ1) is 9.49. The predicted octanol–water partition coefficient (Wildman–Crippen LogP) is 3.09. The number of hydrogen-bond acceptors (Lipinski definition) is 4. The van der Waals surface area contributed by atoms with E-state index in [1.807, 2.05) is 6.07 Å². The monoisotopic (exact) mass is 278 g/mol. The van der Waals surface area contributed by atoms with E-state index in [1.54, 1.807) is 26.0 Å². The van der Waals surface area contributed by atoms with Gasteiger partial charge in [0.2, 0.25) is 0 Å². The van der Waals surface area contributed by atoms with E-state index in [9.17, 15) is 9.59 Å². The van der Waals surface area contributed by atoms with Crippen LogP contribution in [0.4, 0.5) is 0 Å². The lowest BCUT2D eigenvalue weighted by molar-refractivity contribution is -0.142. The smallest absolute Gasteiger partial charge is 0.338 e. The summed E-state index contributed by atoms with van der Waals surface area (Å²) in [5, 5.41) is 0. The van der Waals surface area contributed by atoms with Crippen molar-refractivity contribution in [3.8, 4) is 0 Å². The summed E-state index contributed by atoms with van der Waals surface area (Å²) in [7, 11) is 0. The summed E-state index contributed by atoms with van der Waals surface area (Å²) in [4.78, 5) is 23.6. The van der Waals surface area contributed by atoms with E-state index in [0.29, 0.717) is 30.3 Å². The van der Waals surface area contributed by atoms with Crippen molar-refractivity contribution < 1.29 is 19.1 Å². The molecule has 4 heteroatoms. The fourth-order valence-corrected chi connectivity index (χ4v) is 1.87. The first-order valence-electron chi connectivity index (χ1n) is 6.95. The molecule has 0 bridgehead atoms. The molecule has 20 heavy (non-hydrogen) atoms. The number of benzene rings is 1. The van der Waals surface area contributed by atoms with E-state index in [-0.39, 0.29) is 12.4 Å². The van der Waals surface area contributed by atoms with E-state index in [1.165, 1.54) is 0 Å². The van der Waals surface area contributed by atoms with E-state index in [0.717, 1.165) is 5.56 Å². The van der Waals surface area contributed by atoms with Crippen LogP contribution in [0.15, 0.2) is 18.2 Å². The maximum Gasteiger partial charge on any atom is 0.338 e. The van der Waals surface area contributed by atoms with Gasteiger partial charge in [-0.25, -0.2) is 4.79 Å². The Morgan fingerprint density at radius 2 is 1.75 bits per heavy atom. The zero-order chi connectivity index (χ0) is 15.1. The molecule has 1 rings (SSSR count). The molecule has 0 amide bonds. The second-order valence-electron chi connectivity index (χ2n) is 4.77. The molecular weight excluding hydrogens is 256 g/mol. The first-order valence-corrected chi connectivity index (χ1v) is 6.95. The molecule has 0 aliphatic heterocycles. The van der Waals surface area contributed by atoms with Crippen molar-refractivity contribution in [3.05, 3.63) is 34.9 Å². The predicted molar refractivity (Wildman–Crippen MR) is 76.8 cm³/mol. The second-order valence-corrected chi connectivity index (χ2v) is 4.77. The Bertz CT molecular complexity index is 477. The third-order valence-corrected chi connectivity index (χ3v) is 2.94. The molecule has 0 fully saturated rings. The van der Waals surface area contributed by atoms with Gasteiger partial charge in [0, 0.05) is 0 Å². The Morgan fingerprint density at radius 1 is 1.10 bits per heavy atom. The summed E-state index contributed by atoms with van der Waals surface area (Å²) in [6, 6.07) is 5.54. The highest BCUT2D eigenvalue weighted by Gasteiger charge is 2.17. The Kier molecular flexibility index (Phi) is 6.22. The number of rotatable bonds is 6. The van der Waals surface area contributed by atoms with E-state index >= 15 is 0 Å². The van der Waals surface area contributed by atoms with Crippen molar-refractivity contribution in [2.45, 2.75) is 40.0 Å². The van der Waals surface area contributed by atoms with Crippen LogP contribution >= 0.6 is 0 Å². The summed E-state index contributed by atoms with van der Waals surface area (Å²) in [5.41, 5.74) is 2.14. The zero-order valence-electron chi connectivity index (χ0n) is 12.6. The molecule has 0 aromatic heterocycles. The summed E-state index contributed by atoms with van der Waals surface area (Å²) < 4.78 is 9.98. The van der Waals surface area contributed by atoms with Gasteiger partial charge in [-0.1, -0.05) is 26.0 Å². The van der Waals surface area contributed by atoms with Gasteiger partial charge in [-0.15, -0.1) is 0 Å². The highest BCUT2D eigenvalue weighted by atomic mass is 16.5. The van der Waals surface area contributed by atoms with Crippen LogP contribution < -0.4 is 0 Å². The minimum absolute atomic E-state index is 0.0837. The highest BCUT2D eigenvalue weighted by molar-refractivity contribution is 5.92. The molecule has 1 aromatic carbocycles. The molecule has 1 aromatic rings. The number of carbonyl (C=O) groups excluding carboxylic acids is 2. The molecular formula is C16H22O4. The minimum atomic E-state index is -0.394. The fourth-order valence-electron chi connectivity index (χ4n) is 1.87. The average molecular weight is 278 g/mol. The van der Waals surface area contributed by atoms with E-state index < -0.39 is 5.97 Å². The average Bonchev–Trinajstić information content (AvgIpc) is 2.39. The van der Waals surface area contributed by atoms with Crippen molar-refractivity contribution in [2.24, 2.45) is 0 Å². The van der Waals surface area contributed by atoms with Gasteiger partial charge in [0.15, 0.2) is 0 Å². The van der Waals surface area contributed by atoms with Crippen LogP contribution in [0.5, 0.6) is 0 Å². The van der Waals surface area contributed by atoms with Crippen LogP contribution in [0.25, 0.3) is 0 Å². The Labute approximate surface area is 120 Å². The van der Waals surface area contributed by atoms with Gasteiger partial charge >= 0.3 is 11.9 Å². The van der Waals surface area contributed by atoms with Gasteiger partial charge in [0.1, 0.15) is 0 Å². The molecule has 0 radical (unpaired) electrons. The normalized spacial score (nSPS) is 10.4. The number of hydrogen-bond donors (Lipinski definition) is 0. The highest BCUT2D eigenvalue weighted by Crippen LogP contribution is 2.20. The first kappa shape index (κ1) is 16.2. The van der Waals surface area contributed by atoms with Gasteiger partial charge in [0.05, 0.1) is 25.2 Å².